The first-order valence-corrected chi connectivity index (χ1v) is 9.81. The zero-order valence-corrected chi connectivity index (χ0v) is 15.0. The molecule has 0 unspecified atom stereocenters. The maximum atomic E-state index is 12.4. The lowest BCUT2D eigenvalue weighted by atomic mass is 10.1. The quantitative estimate of drug-likeness (QED) is 0.691. The SMILES string of the molecule is NCCSc1ccc(NC(=O)c2ccc(C3=CCNCC3)s2)cc1. The van der Waals surface area contributed by atoms with Crippen molar-refractivity contribution in [2.45, 2.75) is 11.3 Å². The van der Waals surface area contributed by atoms with Crippen LogP contribution in [0.25, 0.3) is 5.57 Å². The minimum Gasteiger partial charge on any atom is -0.330 e. The molecule has 1 aromatic heterocycles. The summed E-state index contributed by atoms with van der Waals surface area (Å²) in [6.45, 7) is 2.57. The molecular formula is C18H21N3OS2. The Bertz CT molecular complexity index is 722. The summed E-state index contributed by atoms with van der Waals surface area (Å²) in [4.78, 5) is 15.5. The fourth-order valence-corrected chi connectivity index (χ4v) is 4.13. The molecule has 6 heteroatoms. The van der Waals surface area contributed by atoms with Crippen molar-refractivity contribution in [1.29, 1.82) is 0 Å². The first-order valence-electron chi connectivity index (χ1n) is 8.00. The van der Waals surface area contributed by atoms with Crippen LogP contribution in [0, 0.1) is 0 Å². The fourth-order valence-electron chi connectivity index (χ4n) is 2.48. The van der Waals surface area contributed by atoms with Gasteiger partial charge in [0.05, 0.1) is 4.88 Å². The number of nitrogens with two attached hydrogens (primary N) is 1. The van der Waals surface area contributed by atoms with E-state index in [2.05, 4.69) is 16.7 Å². The number of carbonyl (C=O) groups excluding carboxylic acids is 1. The molecular weight excluding hydrogens is 338 g/mol. The Hall–Kier alpha value is -1.60. The van der Waals surface area contributed by atoms with Crippen molar-refractivity contribution < 1.29 is 4.79 Å². The van der Waals surface area contributed by atoms with Crippen LogP contribution in [0.1, 0.15) is 21.0 Å². The minimum absolute atomic E-state index is 0.0526. The molecule has 24 heavy (non-hydrogen) atoms. The lowest BCUT2D eigenvalue weighted by molar-refractivity contribution is 0.103. The number of hydrogen-bond donors (Lipinski definition) is 3. The summed E-state index contributed by atoms with van der Waals surface area (Å²) < 4.78 is 0. The fraction of sp³-hybridized carbons (Fsp3) is 0.278. The summed E-state index contributed by atoms with van der Waals surface area (Å²) in [5, 5.41) is 6.27. The second-order valence-electron chi connectivity index (χ2n) is 5.46. The van der Waals surface area contributed by atoms with E-state index < -0.39 is 0 Å². The van der Waals surface area contributed by atoms with Crippen molar-refractivity contribution in [3.05, 3.63) is 52.2 Å². The number of rotatable bonds is 6. The van der Waals surface area contributed by atoms with Crippen molar-refractivity contribution in [3.63, 3.8) is 0 Å². The topological polar surface area (TPSA) is 67.1 Å². The summed E-state index contributed by atoms with van der Waals surface area (Å²) in [5.74, 6) is 0.845. The summed E-state index contributed by atoms with van der Waals surface area (Å²) >= 11 is 3.27. The predicted molar refractivity (Wildman–Crippen MR) is 104 cm³/mol. The maximum absolute atomic E-state index is 12.4. The highest BCUT2D eigenvalue weighted by molar-refractivity contribution is 7.99. The number of carbonyl (C=O) groups is 1. The van der Waals surface area contributed by atoms with E-state index in [-0.39, 0.29) is 5.91 Å². The van der Waals surface area contributed by atoms with Gasteiger partial charge in [-0.2, -0.15) is 0 Å². The normalized spacial score (nSPS) is 14.3. The smallest absolute Gasteiger partial charge is 0.265 e. The molecule has 0 aliphatic carbocycles. The first-order chi connectivity index (χ1) is 11.8. The molecule has 0 fully saturated rings. The molecule has 0 spiro atoms. The monoisotopic (exact) mass is 359 g/mol. The van der Waals surface area contributed by atoms with Gasteiger partial charge in [0.2, 0.25) is 0 Å². The molecule has 0 saturated heterocycles. The van der Waals surface area contributed by atoms with Crippen molar-refractivity contribution in [1.82, 2.24) is 5.32 Å². The Labute approximate surface area is 150 Å². The number of nitrogens with one attached hydrogen (secondary N) is 2. The largest absolute Gasteiger partial charge is 0.330 e. The van der Waals surface area contributed by atoms with Crippen LogP contribution in [0.2, 0.25) is 0 Å². The highest BCUT2D eigenvalue weighted by Gasteiger charge is 2.13. The van der Waals surface area contributed by atoms with Gasteiger partial charge in [-0.15, -0.1) is 23.1 Å². The van der Waals surface area contributed by atoms with Gasteiger partial charge in [-0.25, -0.2) is 0 Å². The first kappa shape index (κ1) is 17.2. The molecule has 2 heterocycles. The molecule has 0 bridgehead atoms. The van der Waals surface area contributed by atoms with Gasteiger partial charge in [0.25, 0.3) is 5.91 Å². The van der Waals surface area contributed by atoms with Crippen molar-refractivity contribution in [3.8, 4) is 0 Å². The average molecular weight is 360 g/mol. The van der Waals surface area contributed by atoms with Gasteiger partial charge in [0, 0.05) is 34.3 Å². The Morgan fingerprint density at radius 3 is 2.79 bits per heavy atom. The molecule has 0 radical (unpaired) electrons. The molecule has 3 rings (SSSR count). The van der Waals surface area contributed by atoms with Crippen LogP contribution in [0.3, 0.4) is 0 Å². The summed E-state index contributed by atoms with van der Waals surface area (Å²) in [6, 6.07) is 11.8. The van der Waals surface area contributed by atoms with Crippen LogP contribution in [0.4, 0.5) is 5.69 Å². The standard InChI is InChI=1S/C18H21N3OS2/c19-9-12-23-15-3-1-14(2-4-15)21-18(22)17-6-5-16(24-17)13-7-10-20-11-8-13/h1-7,20H,8-12,19H2,(H,21,22). The molecule has 4 N–H and O–H groups in total. The second kappa shape index (κ2) is 8.48. The zero-order valence-electron chi connectivity index (χ0n) is 13.4. The molecule has 0 atom stereocenters. The lowest BCUT2D eigenvalue weighted by Gasteiger charge is -2.12. The average Bonchev–Trinajstić information content (AvgIpc) is 3.12. The summed E-state index contributed by atoms with van der Waals surface area (Å²) in [6.07, 6.45) is 3.22. The van der Waals surface area contributed by atoms with Crippen molar-refractivity contribution in [2.75, 3.05) is 30.7 Å². The van der Waals surface area contributed by atoms with Crippen LogP contribution < -0.4 is 16.4 Å². The van der Waals surface area contributed by atoms with Crippen molar-refractivity contribution in [2.24, 2.45) is 5.73 Å². The lowest BCUT2D eigenvalue weighted by Crippen LogP contribution is -2.19. The van der Waals surface area contributed by atoms with Crippen LogP contribution >= 0.6 is 23.1 Å². The van der Waals surface area contributed by atoms with Gasteiger partial charge in [-0.1, -0.05) is 6.08 Å². The molecule has 1 amide bonds. The van der Waals surface area contributed by atoms with E-state index in [1.54, 1.807) is 23.1 Å². The van der Waals surface area contributed by atoms with Crippen LogP contribution in [-0.4, -0.2) is 31.3 Å². The molecule has 2 aromatic rings. The Morgan fingerprint density at radius 1 is 1.25 bits per heavy atom. The number of anilines is 1. The van der Waals surface area contributed by atoms with E-state index in [9.17, 15) is 4.79 Å². The Kier molecular flexibility index (Phi) is 6.09. The van der Waals surface area contributed by atoms with Gasteiger partial charge in [0.15, 0.2) is 0 Å². The van der Waals surface area contributed by atoms with E-state index in [1.807, 2.05) is 36.4 Å². The molecule has 1 aliphatic rings. The highest BCUT2D eigenvalue weighted by atomic mass is 32.2. The van der Waals surface area contributed by atoms with Crippen LogP contribution in [0.5, 0.6) is 0 Å². The van der Waals surface area contributed by atoms with Crippen LogP contribution in [0.15, 0.2) is 47.4 Å². The number of benzene rings is 1. The van der Waals surface area contributed by atoms with E-state index in [1.165, 1.54) is 10.5 Å². The van der Waals surface area contributed by atoms with E-state index in [4.69, 9.17) is 5.73 Å². The van der Waals surface area contributed by atoms with Gasteiger partial charge >= 0.3 is 0 Å². The third-order valence-electron chi connectivity index (χ3n) is 3.71. The highest BCUT2D eigenvalue weighted by Crippen LogP contribution is 2.28. The number of hydrogen-bond acceptors (Lipinski definition) is 5. The van der Waals surface area contributed by atoms with Gasteiger partial charge in [-0.05, 0) is 54.9 Å². The molecule has 0 saturated carbocycles. The molecule has 4 nitrogen and oxygen atoms in total. The summed E-state index contributed by atoms with van der Waals surface area (Å²) in [5.41, 5.74) is 7.65. The van der Waals surface area contributed by atoms with E-state index >= 15 is 0 Å². The van der Waals surface area contributed by atoms with Gasteiger partial charge < -0.3 is 16.4 Å². The molecule has 1 aromatic carbocycles. The predicted octanol–water partition coefficient (Wildman–Crippen LogP) is 3.43. The van der Waals surface area contributed by atoms with Crippen LogP contribution in [-0.2, 0) is 0 Å². The van der Waals surface area contributed by atoms with Crippen molar-refractivity contribution >= 4 is 40.3 Å². The van der Waals surface area contributed by atoms with E-state index in [0.717, 1.165) is 40.7 Å². The maximum Gasteiger partial charge on any atom is 0.265 e. The Morgan fingerprint density at radius 2 is 2.08 bits per heavy atom. The summed E-state index contributed by atoms with van der Waals surface area (Å²) in [7, 11) is 0. The second-order valence-corrected chi connectivity index (χ2v) is 7.72. The third-order valence-corrected chi connectivity index (χ3v) is 5.91. The zero-order chi connectivity index (χ0) is 16.8. The number of thioether (sulfide) groups is 1. The number of amides is 1. The molecule has 1 aliphatic heterocycles. The number of thiophene rings is 1. The minimum atomic E-state index is -0.0526. The third kappa shape index (κ3) is 4.48. The van der Waals surface area contributed by atoms with E-state index in [0.29, 0.717) is 6.54 Å². The van der Waals surface area contributed by atoms with Gasteiger partial charge in [-0.3, -0.25) is 4.79 Å². The Balaban J connectivity index is 1.62. The van der Waals surface area contributed by atoms with Gasteiger partial charge in [0.1, 0.15) is 0 Å². The molecule has 126 valence electrons.